The Balaban J connectivity index is 2.51. The highest BCUT2D eigenvalue weighted by atomic mass is 32.2. The number of benzene rings is 1. The van der Waals surface area contributed by atoms with E-state index in [-0.39, 0.29) is 18.3 Å². The van der Waals surface area contributed by atoms with Crippen LogP contribution in [0.3, 0.4) is 0 Å². The predicted molar refractivity (Wildman–Crippen MR) is 68.5 cm³/mol. The van der Waals surface area contributed by atoms with Crippen molar-refractivity contribution in [1.29, 1.82) is 0 Å². The molecule has 0 bridgehead atoms. The minimum atomic E-state index is -0.204. The van der Waals surface area contributed by atoms with Gasteiger partial charge in [0.2, 0.25) is 0 Å². The number of aliphatic hydroxyl groups is 1. The number of hydrogen-bond donors (Lipinski definition) is 1. The lowest BCUT2D eigenvalue weighted by Crippen LogP contribution is -2.07. The van der Waals surface area contributed by atoms with E-state index in [1.165, 1.54) is 6.07 Å². The van der Waals surface area contributed by atoms with Gasteiger partial charge in [-0.3, -0.25) is 0 Å². The molecule has 1 aromatic rings. The number of aliphatic hydroxyl groups excluding tert-OH is 1. The summed E-state index contributed by atoms with van der Waals surface area (Å²) in [6, 6.07) is 6.73. The maximum atomic E-state index is 13.5. The Morgan fingerprint density at radius 1 is 1.38 bits per heavy atom. The van der Waals surface area contributed by atoms with Crippen LogP contribution in [0, 0.1) is 5.82 Å². The summed E-state index contributed by atoms with van der Waals surface area (Å²) < 4.78 is 13.5. The van der Waals surface area contributed by atoms with E-state index in [4.69, 9.17) is 0 Å². The molecule has 16 heavy (non-hydrogen) atoms. The van der Waals surface area contributed by atoms with E-state index in [0.717, 1.165) is 24.3 Å². The monoisotopic (exact) mass is 242 g/mol. The van der Waals surface area contributed by atoms with Gasteiger partial charge in [0.25, 0.3) is 0 Å². The van der Waals surface area contributed by atoms with Gasteiger partial charge in [-0.2, -0.15) is 11.8 Å². The second kappa shape index (κ2) is 7.69. The quantitative estimate of drug-likeness (QED) is 0.739. The molecule has 0 saturated carbocycles. The maximum absolute atomic E-state index is 13.5. The molecule has 0 aliphatic rings. The van der Waals surface area contributed by atoms with E-state index in [1.54, 1.807) is 12.1 Å². The Morgan fingerprint density at radius 3 is 2.75 bits per heavy atom. The van der Waals surface area contributed by atoms with E-state index >= 15 is 0 Å². The molecule has 0 aliphatic carbocycles. The van der Waals surface area contributed by atoms with Crippen molar-refractivity contribution in [3.8, 4) is 0 Å². The number of hydrogen-bond acceptors (Lipinski definition) is 2. The van der Waals surface area contributed by atoms with Gasteiger partial charge in [-0.1, -0.05) is 25.1 Å². The predicted octanol–water partition coefficient (Wildman–Crippen LogP) is 3.43. The Kier molecular flexibility index (Phi) is 6.50. The minimum Gasteiger partial charge on any atom is -0.396 e. The topological polar surface area (TPSA) is 20.2 Å². The molecule has 1 unspecified atom stereocenters. The smallest absolute Gasteiger partial charge is 0.126 e. The van der Waals surface area contributed by atoms with Crippen LogP contribution in [0.1, 0.15) is 31.2 Å². The molecule has 90 valence electrons. The molecule has 0 heterocycles. The highest BCUT2D eigenvalue weighted by molar-refractivity contribution is 7.99. The van der Waals surface area contributed by atoms with E-state index < -0.39 is 0 Å². The highest BCUT2D eigenvalue weighted by Gasteiger charge is 2.13. The number of rotatable bonds is 7. The third-order valence-electron chi connectivity index (χ3n) is 2.61. The van der Waals surface area contributed by atoms with Gasteiger partial charge >= 0.3 is 0 Å². The second-order valence-corrected chi connectivity index (χ2v) is 5.13. The fraction of sp³-hybridized carbons (Fsp3) is 0.538. The van der Waals surface area contributed by atoms with Gasteiger partial charge in [-0.15, -0.1) is 0 Å². The van der Waals surface area contributed by atoms with Crippen molar-refractivity contribution in [2.45, 2.75) is 25.7 Å². The lowest BCUT2D eigenvalue weighted by atomic mass is 9.95. The van der Waals surface area contributed by atoms with Gasteiger partial charge in [-0.25, -0.2) is 4.39 Å². The van der Waals surface area contributed by atoms with Crippen LogP contribution in [-0.2, 0) is 0 Å². The summed E-state index contributed by atoms with van der Waals surface area (Å²) >= 11 is 1.88. The van der Waals surface area contributed by atoms with E-state index in [0.29, 0.717) is 5.56 Å². The van der Waals surface area contributed by atoms with Crippen molar-refractivity contribution >= 4 is 11.8 Å². The third-order valence-corrected chi connectivity index (χ3v) is 3.60. The molecule has 0 amide bonds. The Bertz CT molecular complexity index is 304. The van der Waals surface area contributed by atoms with Crippen LogP contribution in [0.25, 0.3) is 0 Å². The summed E-state index contributed by atoms with van der Waals surface area (Å²) in [5.41, 5.74) is 0.645. The van der Waals surface area contributed by atoms with Crippen LogP contribution in [0.15, 0.2) is 24.3 Å². The molecule has 0 saturated heterocycles. The van der Waals surface area contributed by atoms with Crippen molar-refractivity contribution in [2.24, 2.45) is 0 Å². The fourth-order valence-corrected chi connectivity index (χ4v) is 2.39. The van der Waals surface area contributed by atoms with E-state index in [1.807, 2.05) is 17.8 Å². The summed E-state index contributed by atoms with van der Waals surface area (Å²) in [4.78, 5) is 0. The molecule has 0 radical (unpaired) electrons. The van der Waals surface area contributed by atoms with Crippen LogP contribution in [0.4, 0.5) is 4.39 Å². The van der Waals surface area contributed by atoms with Gasteiger partial charge in [0.05, 0.1) is 6.61 Å². The van der Waals surface area contributed by atoms with Crippen LogP contribution in [-0.4, -0.2) is 23.2 Å². The van der Waals surface area contributed by atoms with Crippen LogP contribution in [0.5, 0.6) is 0 Å². The molecule has 0 aliphatic heterocycles. The maximum Gasteiger partial charge on any atom is 0.126 e. The highest BCUT2D eigenvalue weighted by Crippen LogP contribution is 2.24. The molecule has 0 aromatic heterocycles. The Labute approximate surface area is 101 Å². The molecule has 3 heteroatoms. The summed E-state index contributed by atoms with van der Waals surface area (Å²) in [7, 11) is 0. The summed E-state index contributed by atoms with van der Waals surface area (Å²) in [6.07, 6.45) is 1.88. The number of thioether (sulfide) groups is 1. The average Bonchev–Trinajstić information content (AvgIpc) is 2.31. The van der Waals surface area contributed by atoms with Gasteiger partial charge in [0.1, 0.15) is 5.82 Å². The molecule has 0 spiro atoms. The summed E-state index contributed by atoms with van der Waals surface area (Å²) in [5.74, 6) is 1.94. The third kappa shape index (κ3) is 4.14. The first kappa shape index (κ1) is 13.5. The van der Waals surface area contributed by atoms with Crippen molar-refractivity contribution in [1.82, 2.24) is 0 Å². The fourth-order valence-electron chi connectivity index (χ4n) is 1.73. The molecular formula is C13H19FOS. The molecule has 1 aromatic carbocycles. The Morgan fingerprint density at radius 2 is 2.12 bits per heavy atom. The van der Waals surface area contributed by atoms with Gasteiger partial charge in [-0.05, 0) is 36.0 Å². The van der Waals surface area contributed by atoms with Crippen LogP contribution < -0.4 is 0 Å². The standard InChI is InChI=1S/C13H19FOS/c1-2-16-9-5-6-11(10-15)12-7-3-4-8-13(12)14/h3-4,7-8,11,15H,2,5-6,9-10H2,1H3. The van der Waals surface area contributed by atoms with Crippen molar-refractivity contribution < 1.29 is 9.50 Å². The van der Waals surface area contributed by atoms with Crippen molar-refractivity contribution in [3.63, 3.8) is 0 Å². The molecular weight excluding hydrogens is 223 g/mol. The first-order chi connectivity index (χ1) is 7.79. The lowest BCUT2D eigenvalue weighted by molar-refractivity contribution is 0.256. The molecule has 1 N–H and O–H groups in total. The van der Waals surface area contributed by atoms with Gasteiger partial charge < -0.3 is 5.11 Å². The normalized spacial score (nSPS) is 12.7. The van der Waals surface area contributed by atoms with Gasteiger partial charge in [0, 0.05) is 5.92 Å². The zero-order valence-corrected chi connectivity index (χ0v) is 10.5. The van der Waals surface area contributed by atoms with Crippen molar-refractivity contribution in [3.05, 3.63) is 35.6 Å². The lowest BCUT2D eigenvalue weighted by Gasteiger charge is -2.14. The SMILES string of the molecule is CCSCCCC(CO)c1ccccc1F. The van der Waals surface area contributed by atoms with Gasteiger partial charge in [0.15, 0.2) is 0 Å². The molecule has 1 rings (SSSR count). The first-order valence-corrected chi connectivity index (χ1v) is 6.88. The van der Waals surface area contributed by atoms with E-state index in [9.17, 15) is 9.50 Å². The number of halogens is 1. The molecule has 1 nitrogen and oxygen atoms in total. The molecule has 1 atom stereocenters. The summed E-state index contributed by atoms with van der Waals surface area (Å²) in [5, 5.41) is 9.29. The average molecular weight is 242 g/mol. The zero-order valence-electron chi connectivity index (χ0n) is 9.66. The first-order valence-electron chi connectivity index (χ1n) is 5.72. The largest absolute Gasteiger partial charge is 0.396 e. The molecule has 0 fully saturated rings. The zero-order chi connectivity index (χ0) is 11.8. The van der Waals surface area contributed by atoms with Crippen LogP contribution in [0.2, 0.25) is 0 Å². The van der Waals surface area contributed by atoms with E-state index in [2.05, 4.69) is 6.92 Å². The van der Waals surface area contributed by atoms with Crippen molar-refractivity contribution in [2.75, 3.05) is 18.1 Å². The Hall–Kier alpha value is -0.540. The second-order valence-electron chi connectivity index (χ2n) is 3.74. The van der Waals surface area contributed by atoms with Crippen LogP contribution >= 0.6 is 11.8 Å². The summed E-state index contributed by atoms with van der Waals surface area (Å²) in [6.45, 7) is 2.16. The minimum absolute atomic E-state index is 0.0255.